The van der Waals surface area contributed by atoms with Crippen molar-refractivity contribution in [1.29, 1.82) is 0 Å². The number of amides is 1. The van der Waals surface area contributed by atoms with Crippen molar-refractivity contribution in [2.24, 2.45) is 5.92 Å². The second kappa shape index (κ2) is 8.11. The number of carbonyl (C=O) groups excluding carboxylic acids is 1. The number of nitrogens with zero attached hydrogens (tertiary/aromatic N) is 1. The third-order valence-corrected chi connectivity index (χ3v) is 5.27. The van der Waals surface area contributed by atoms with Gasteiger partial charge in [0.05, 0.1) is 6.61 Å². The summed E-state index contributed by atoms with van der Waals surface area (Å²) in [4.78, 5) is 14.7. The smallest absolute Gasteiger partial charge is 0.224 e. The first kappa shape index (κ1) is 16.0. The van der Waals surface area contributed by atoms with Crippen molar-refractivity contribution in [3.05, 3.63) is 11.6 Å². The Balaban J connectivity index is 1.34. The van der Waals surface area contributed by atoms with Crippen molar-refractivity contribution in [2.75, 3.05) is 32.8 Å². The molecule has 4 heteroatoms. The molecule has 1 atom stereocenters. The van der Waals surface area contributed by atoms with Gasteiger partial charge in [-0.2, -0.15) is 0 Å². The molecule has 2 saturated heterocycles. The standard InChI is InChI=1S/C18H30N2O2/c21-18(12-15-4-2-1-3-5-15)19-17-6-9-20(10-7-17)13-16-8-11-22-14-16/h4,16-17H,1-3,5-14H2,(H,19,21). The van der Waals surface area contributed by atoms with Crippen molar-refractivity contribution in [2.45, 2.75) is 57.4 Å². The predicted octanol–water partition coefficient (Wildman–Crippen LogP) is 2.49. The number of hydrogen-bond acceptors (Lipinski definition) is 3. The highest BCUT2D eigenvalue weighted by molar-refractivity contribution is 5.78. The SMILES string of the molecule is O=C(CC1=CCCCC1)NC1CCN(CC2CCOC2)CC1. The predicted molar refractivity (Wildman–Crippen MR) is 87.7 cm³/mol. The molecule has 1 unspecified atom stereocenters. The van der Waals surface area contributed by atoms with Gasteiger partial charge >= 0.3 is 0 Å². The maximum atomic E-state index is 12.2. The lowest BCUT2D eigenvalue weighted by atomic mass is 9.96. The Kier molecular flexibility index (Phi) is 5.90. The lowest BCUT2D eigenvalue weighted by molar-refractivity contribution is -0.121. The average molecular weight is 306 g/mol. The summed E-state index contributed by atoms with van der Waals surface area (Å²) in [6.07, 6.45) is 11.1. The molecule has 1 N–H and O–H groups in total. The topological polar surface area (TPSA) is 41.6 Å². The Hall–Kier alpha value is -0.870. The number of likely N-dealkylation sites (tertiary alicyclic amines) is 1. The fourth-order valence-electron chi connectivity index (χ4n) is 3.90. The number of carbonyl (C=O) groups is 1. The minimum atomic E-state index is 0.232. The van der Waals surface area contributed by atoms with Crippen LogP contribution in [0.3, 0.4) is 0 Å². The molecule has 124 valence electrons. The van der Waals surface area contributed by atoms with Crippen LogP contribution in [0.25, 0.3) is 0 Å². The Morgan fingerprint density at radius 1 is 1.27 bits per heavy atom. The highest BCUT2D eigenvalue weighted by atomic mass is 16.5. The molecule has 2 fully saturated rings. The van der Waals surface area contributed by atoms with Crippen molar-refractivity contribution in [1.82, 2.24) is 10.2 Å². The molecule has 0 aromatic carbocycles. The summed E-state index contributed by atoms with van der Waals surface area (Å²) in [5.41, 5.74) is 1.35. The summed E-state index contributed by atoms with van der Waals surface area (Å²) in [5.74, 6) is 0.958. The maximum Gasteiger partial charge on any atom is 0.224 e. The van der Waals surface area contributed by atoms with Gasteiger partial charge in [0.2, 0.25) is 5.91 Å². The van der Waals surface area contributed by atoms with Gasteiger partial charge in [0, 0.05) is 38.7 Å². The molecular formula is C18H30N2O2. The molecule has 0 radical (unpaired) electrons. The van der Waals surface area contributed by atoms with Gasteiger partial charge in [0.1, 0.15) is 0 Å². The molecule has 0 bridgehead atoms. The Morgan fingerprint density at radius 3 is 2.82 bits per heavy atom. The monoisotopic (exact) mass is 306 g/mol. The van der Waals surface area contributed by atoms with Crippen molar-refractivity contribution in [3.63, 3.8) is 0 Å². The van der Waals surface area contributed by atoms with E-state index in [1.54, 1.807) is 0 Å². The molecule has 22 heavy (non-hydrogen) atoms. The lowest BCUT2D eigenvalue weighted by Crippen LogP contribution is -2.45. The zero-order chi connectivity index (χ0) is 15.2. The second-order valence-corrected chi connectivity index (χ2v) is 7.16. The van der Waals surface area contributed by atoms with Gasteiger partial charge in [-0.15, -0.1) is 0 Å². The van der Waals surface area contributed by atoms with E-state index in [9.17, 15) is 4.79 Å². The third kappa shape index (κ3) is 4.82. The van der Waals surface area contributed by atoms with Gasteiger partial charge in [0.25, 0.3) is 0 Å². The van der Waals surface area contributed by atoms with Crippen LogP contribution in [0.5, 0.6) is 0 Å². The second-order valence-electron chi connectivity index (χ2n) is 7.16. The fourth-order valence-corrected chi connectivity index (χ4v) is 3.90. The Bertz CT molecular complexity index is 394. The van der Waals surface area contributed by atoms with E-state index in [0.717, 1.165) is 57.9 Å². The van der Waals surface area contributed by atoms with Crippen LogP contribution in [0.15, 0.2) is 11.6 Å². The molecule has 2 heterocycles. The van der Waals surface area contributed by atoms with Crippen LogP contribution in [0.4, 0.5) is 0 Å². The van der Waals surface area contributed by atoms with Gasteiger partial charge in [-0.3, -0.25) is 4.79 Å². The van der Waals surface area contributed by atoms with Crippen LogP contribution in [0.2, 0.25) is 0 Å². The van der Waals surface area contributed by atoms with Gasteiger partial charge < -0.3 is 15.0 Å². The van der Waals surface area contributed by atoms with Crippen LogP contribution < -0.4 is 5.32 Å². The van der Waals surface area contributed by atoms with Crippen LogP contribution in [0, 0.1) is 5.92 Å². The van der Waals surface area contributed by atoms with Crippen LogP contribution in [-0.4, -0.2) is 49.7 Å². The van der Waals surface area contributed by atoms with Crippen molar-refractivity contribution >= 4 is 5.91 Å². The Morgan fingerprint density at radius 2 is 2.14 bits per heavy atom. The van der Waals surface area contributed by atoms with E-state index in [1.807, 2.05) is 0 Å². The minimum Gasteiger partial charge on any atom is -0.381 e. The third-order valence-electron chi connectivity index (χ3n) is 5.27. The molecule has 0 aromatic rings. The minimum absolute atomic E-state index is 0.232. The van der Waals surface area contributed by atoms with Gasteiger partial charge in [-0.25, -0.2) is 0 Å². The van der Waals surface area contributed by atoms with Crippen LogP contribution in [0.1, 0.15) is 51.4 Å². The van der Waals surface area contributed by atoms with Crippen molar-refractivity contribution in [3.8, 4) is 0 Å². The van der Waals surface area contributed by atoms with E-state index < -0.39 is 0 Å². The number of rotatable bonds is 5. The molecule has 0 aromatic heterocycles. The first-order chi connectivity index (χ1) is 10.8. The van der Waals surface area contributed by atoms with Gasteiger partial charge in [0.15, 0.2) is 0 Å². The average Bonchev–Trinajstić information content (AvgIpc) is 3.03. The fraction of sp³-hybridized carbons (Fsp3) is 0.833. The van der Waals surface area contributed by atoms with E-state index in [0.29, 0.717) is 12.5 Å². The first-order valence-electron chi connectivity index (χ1n) is 9.07. The molecule has 0 saturated carbocycles. The van der Waals surface area contributed by atoms with E-state index >= 15 is 0 Å². The molecular weight excluding hydrogens is 276 g/mol. The molecule has 0 spiro atoms. The highest BCUT2D eigenvalue weighted by Crippen LogP contribution is 2.21. The normalized spacial score (nSPS) is 27.6. The largest absolute Gasteiger partial charge is 0.381 e. The number of allylic oxidation sites excluding steroid dienone is 1. The molecule has 4 nitrogen and oxygen atoms in total. The van der Waals surface area contributed by atoms with E-state index in [-0.39, 0.29) is 5.91 Å². The zero-order valence-corrected chi connectivity index (χ0v) is 13.7. The molecule has 1 aliphatic carbocycles. The summed E-state index contributed by atoms with van der Waals surface area (Å²) >= 11 is 0. The van der Waals surface area contributed by atoms with E-state index in [1.165, 1.54) is 31.4 Å². The summed E-state index contributed by atoms with van der Waals surface area (Å²) in [6, 6.07) is 0.382. The molecule has 2 aliphatic heterocycles. The number of ether oxygens (including phenoxy) is 1. The first-order valence-corrected chi connectivity index (χ1v) is 9.07. The van der Waals surface area contributed by atoms with E-state index in [4.69, 9.17) is 4.74 Å². The lowest BCUT2D eigenvalue weighted by Gasteiger charge is -2.33. The Labute approximate surface area is 134 Å². The molecule has 1 amide bonds. The van der Waals surface area contributed by atoms with Crippen molar-refractivity contribution < 1.29 is 9.53 Å². The zero-order valence-electron chi connectivity index (χ0n) is 13.7. The van der Waals surface area contributed by atoms with Crippen LogP contribution in [-0.2, 0) is 9.53 Å². The number of hydrogen-bond donors (Lipinski definition) is 1. The number of nitrogens with one attached hydrogen (secondary N) is 1. The molecule has 3 rings (SSSR count). The van der Waals surface area contributed by atoms with E-state index in [2.05, 4.69) is 16.3 Å². The van der Waals surface area contributed by atoms with Gasteiger partial charge in [-0.05, 0) is 50.9 Å². The summed E-state index contributed by atoms with van der Waals surface area (Å²) in [5, 5.41) is 3.25. The quantitative estimate of drug-likeness (QED) is 0.794. The highest BCUT2D eigenvalue weighted by Gasteiger charge is 2.24. The summed E-state index contributed by atoms with van der Waals surface area (Å²) in [6.45, 7) is 5.28. The maximum absolute atomic E-state index is 12.2. The number of piperidine rings is 1. The molecule has 3 aliphatic rings. The van der Waals surface area contributed by atoms with Crippen LogP contribution >= 0.6 is 0 Å². The summed E-state index contributed by atoms with van der Waals surface area (Å²) < 4.78 is 5.46. The summed E-state index contributed by atoms with van der Waals surface area (Å²) in [7, 11) is 0. The van der Waals surface area contributed by atoms with Gasteiger partial charge in [-0.1, -0.05) is 11.6 Å².